The highest BCUT2D eigenvalue weighted by atomic mass is 16.5. The van der Waals surface area contributed by atoms with Crippen LogP contribution in [0.2, 0.25) is 0 Å². The standard InChI is InChI=1S/C17H26N2O/c1-2-3-4-14-16(17(18)20-19-14)15-12-6-10-5-11(8-12)9-13(15)7-10/h10-13,15H,2-9,18H2,1H3. The van der Waals surface area contributed by atoms with Crippen LogP contribution >= 0.6 is 0 Å². The molecule has 3 nitrogen and oxygen atoms in total. The predicted molar refractivity (Wildman–Crippen MR) is 79.3 cm³/mol. The third kappa shape index (κ3) is 1.89. The highest BCUT2D eigenvalue weighted by Gasteiger charge is 2.50. The minimum absolute atomic E-state index is 0.619. The minimum atomic E-state index is 0.619. The van der Waals surface area contributed by atoms with Crippen LogP contribution in [-0.2, 0) is 6.42 Å². The van der Waals surface area contributed by atoms with E-state index in [0.717, 1.165) is 30.1 Å². The molecule has 4 bridgehead atoms. The van der Waals surface area contributed by atoms with Crippen LogP contribution in [0.5, 0.6) is 0 Å². The Hall–Kier alpha value is -0.990. The van der Waals surface area contributed by atoms with Crippen LogP contribution in [0.4, 0.5) is 5.88 Å². The molecule has 0 atom stereocenters. The van der Waals surface area contributed by atoms with E-state index in [9.17, 15) is 0 Å². The van der Waals surface area contributed by atoms with Gasteiger partial charge >= 0.3 is 0 Å². The van der Waals surface area contributed by atoms with Crippen LogP contribution in [0, 0.1) is 23.7 Å². The molecule has 0 saturated heterocycles. The summed E-state index contributed by atoms with van der Waals surface area (Å²) in [7, 11) is 0. The first kappa shape index (κ1) is 12.7. The molecule has 4 fully saturated rings. The fraction of sp³-hybridized carbons (Fsp3) is 0.824. The van der Waals surface area contributed by atoms with E-state index in [4.69, 9.17) is 10.3 Å². The van der Waals surface area contributed by atoms with Crippen LogP contribution in [0.15, 0.2) is 4.52 Å². The summed E-state index contributed by atoms with van der Waals surface area (Å²) in [5.41, 5.74) is 8.64. The Morgan fingerprint density at radius 2 is 1.75 bits per heavy atom. The number of rotatable bonds is 4. The van der Waals surface area contributed by atoms with Crippen molar-refractivity contribution in [1.29, 1.82) is 0 Å². The molecule has 0 unspecified atom stereocenters. The van der Waals surface area contributed by atoms with Gasteiger partial charge in [-0.25, -0.2) is 0 Å². The van der Waals surface area contributed by atoms with E-state index >= 15 is 0 Å². The maximum Gasteiger partial charge on any atom is 0.225 e. The van der Waals surface area contributed by atoms with Gasteiger partial charge in [-0.2, -0.15) is 0 Å². The first-order valence-electron chi connectivity index (χ1n) is 8.50. The summed E-state index contributed by atoms with van der Waals surface area (Å²) in [6.07, 6.45) is 10.6. The number of anilines is 1. The van der Waals surface area contributed by atoms with Crippen molar-refractivity contribution in [1.82, 2.24) is 5.16 Å². The lowest BCUT2D eigenvalue weighted by molar-refractivity contribution is -0.00292. The van der Waals surface area contributed by atoms with Crippen molar-refractivity contribution < 1.29 is 4.52 Å². The molecule has 2 N–H and O–H groups in total. The van der Waals surface area contributed by atoms with Gasteiger partial charge in [-0.3, -0.25) is 0 Å². The van der Waals surface area contributed by atoms with Crippen molar-refractivity contribution in [3.63, 3.8) is 0 Å². The summed E-state index contributed by atoms with van der Waals surface area (Å²) < 4.78 is 5.38. The van der Waals surface area contributed by atoms with Gasteiger partial charge in [0.25, 0.3) is 0 Å². The molecule has 1 heterocycles. The van der Waals surface area contributed by atoms with Gasteiger partial charge in [-0.15, -0.1) is 0 Å². The summed E-state index contributed by atoms with van der Waals surface area (Å²) >= 11 is 0. The van der Waals surface area contributed by atoms with Crippen LogP contribution in [0.1, 0.15) is 69.0 Å². The van der Waals surface area contributed by atoms with Gasteiger partial charge in [0.15, 0.2) is 0 Å². The first-order chi connectivity index (χ1) is 9.76. The molecule has 0 radical (unpaired) electrons. The van der Waals surface area contributed by atoms with Crippen molar-refractivity contribution in [3.8, 4) is 0 Å². The van der Waals surface area contributed by atoms with E-state index in [2.05, 4.69) is 12.1 Å². The minimum Gasteiger partial charge on any atom is -0.367 e. The predicted octanol–water partition coefficient (Wildman–Crippen LogP) is 4.14. The molecule has 0 aromatic carbocycles. The molecular formula is C17H26N2O. The number of aromatic nitrogens is 1. The number of nitrogens with two attached hydrogens (primary N) is 1. The molecule has 4 aliphatic carbocycles. The van der Waals surface area contributed by atoms with Crippen LogP contribution < -0.4 is 5.73 Å². The highest BCUT2D eigenvalue weighted by molar-refractivity contribution is 5.43. The molecule has 5 rings (SSSR count). The maximum absolute atomic E-state index is 6.16. The second kappa shape index (κ2) is 4.78. The smallest absolute Gasteiger partial charge is 0.225 e. The lowest BCUT2D eigenvalue weighted by atomic mass is 9.50. The van der Waals surface area contributed by atoms with Crippen molar-refractivity contribution in [3.05, 3.63) is 11.3 Å². The van der Waals surface area contributed by atoms with Crippen molar-refractivity contribution in [2.75, 3.05) is 5.73 Å². The maximum atomic E-state index is 6.16. The monoisotopic (exact) mass is 274 g/mol. The summed E-state index contributed by atoms with van der Waals surface area (Å²) in [5.74, 6) is 5.00. The SMILES string of the molecule is CCCCc1noc(N)c1C1C2CC3CC(C2)CC1C3. The Bertz CT molecular complexity index is 465. The molecule has 0 aliphatic heterocycles. The third-order valence-electron chi connectivity index (χ3n) is 6.16. The average molecular weight is 274 g/mol. The molecular weight excluding hydrogens is 248 g/mol. The normalized spacial score (nSPS) is 38.5. The van der Waals surface area contributed by atoms with Crippen molar-refractivity contribution >= 4 is 5.88 Å². The number of nitrogens with zero attached hydrogens (tertiary/aromatic N) is 1. The zero-order valence-corrected chi connectivity index (χ0v) is 12.5. The van der Waals surface area contributed by atoms with Gasteiger partial charge in [0.1, 0.15) is 0 Å². The second-order valence-electron chi connectivity index (χ2n) is 7.47. The molecule has 3 heteroatoms. The number of nitrogen functional groups attached to an aromatic ring is 1. The zero-order valence-electron chi connectivity index (χ0n) is 12.5. The number of unbranched alkanes of at least 4 members (excludes halogenated alkanes) is 1. The molecule has 0 amide bonds. The van der Waals surface area contributed by atoms with Crippen LogP contribution in [-0.4, -0.2) is 5.16 Å². The van der Waals surface area contributed by atoms with Gasteiger partial charge in [0, 0.05) is 5.56 Å². The molecule has 1 aromatic heterocycles. The molecule has 4 saturated carbocycles. The van der Waals surface area contributed by atoms with E-state index in [1.807, 2.05) is 0 Å². The molecule has 0 spiro atoms. The number of hydrogen-bond donors (Lipinski definition) is 1. The van der Waals surface area contributed by atoms with Gasteiger partial charge in [-0.05, 0) is 74.5 Å². The topological polar surface area (TPSA) is 52.0 Å². The Labute approximate surface area is 121 Å². The van der Waals surface area contributed by atoms with E-state index < -0.39 is 0 Å². The van der Waals surface area contributed by atoms with Gasteiger partial charge in [-0.1, -0.05) is 18.5 Å². The molecule has 110 valence electrons. The Balaban J connectivity index is 1.65. The second-order valence-corrected chi connectivity index (χ2v) is 7.47. The van der Waals surface area contributed by atoms with Crippen LogP contribution in [0.25, 0.3) is 0 Å². The first-order valence-corrected chi connectivity index (χ1v) is 8.50. The van der Waals surface area contributed by atoms with Gasteiger partial charge in [0.2, 0.25) is 5.88 Å². The van der Waals surface area contributed by atoms with Gasteiger partial charge in [0.05, 0.1) is 5.69 Å². The third-order valence-corrected chi connectivity index (χ3v) is 6.16. The molecule has 4 aliphatic rings. The van der Waals surface area contributed by atoms with E-state index in [1.165, 1.54) is 56.2 Å². The quantitative estimate of drug-likeness (QED) is 0.897. The molecule has 1 aromatic rings. The van der Waals surface area contributed by atoms with Gasteiger partial charge < -0.3 is 10.3 Å². The fourth-order valence-electron chi connectivity index (χ4n) is 5.62. The summed E-state index contributed by atoms with van der Waals surface area (Å²) in [4.78, 5) is 0. The van der Waals surface area contributed by atoms with E-state index in [1.54, 1.807) is 0 Å². The largest absolute Gasteiger partial charge is 0.367 e. The van der Waals surface area contributed by atoms with E-state index in [0.29, 0.717) is 11.8 Å². The Morgan fingerprint density at radius 3 is 2.35 bits per heavy atom. The Kier molecular flexibility index (Phi) is 3.04. The zero-order chi connectivity index (χ0) is 13.7. The lowest BCUT2D eigenvalue weighted by Crippen LogP contribution is -2.44. The fourth-order valence-corrected chi connectivity index (χ4v) is 5.62. The van der Waals surface area contributed by atoms with E-state index in [-0.39, 0.29) is 0 Å². The number of hydrogen-bond acceptors (Lipinski definition) is 3. The molecule has 20 heavy (non-hydrogen) atoms. The van der Waals surface area contributed by atoms with Crippen molar-refractivity contribution in [2.45, 2.75) is 64.2 Å². The van der Waals surface area contributed by atoms with Crippen LogP contribution in [0.3, 0.4) is 0 Å². The van der Waals surface area contributed by atoms with Crippen molar-refractivity contribution in [2.24, 2.45) is 23.7 Å². The average Bonchev–Trinajstić information content (AvgIpc) is 2.77. The summed E-state index contributed by atoms with van der Waals surface area (Å²) in [6.45, 7) is 2.23. The lowest BCUT2D eigenvalue weighted by Gasteiger charge is -2.54. The Morgan fingerprint density at radius 1 is 1.10 bits per heavy atom. The highest BCUT2D eigenvalue weighted by Crippen LogP contribution is 2.60. The summed E-state index contributed by atoms with van der Waals surface area (Å²) in [5, 5.41) is 4.29. The number of aryl methyl sites for hydroxylation is 1. The summed E-state index contributed by atoms with van der Waals surface area (Å²) in [6, 6.07) is 0.